The van der Waals surface area contributed by atoms with Crippen molar-refractivity contribution in [2.45, 2.75) is 18.4 Å². The Kier molecular flexibility index (Phi) is 7.72. The molecule has 1 fully saturated rings. The van der Waals surface area contributed by atoms with Crippen LogP contribution in [0.2, 0.25) is 0 Å². The number of carbonyl (C=O) groups is 2. The van der Waals surface area contributed by atoms with Gasteiger partial charge in [-0.3, -0.25) is 4.79 Å². The van der Waals surface area contributed by atoms with Crippen LogP contribution in [-0.4, -0.2) is 74.9 Å². The number of rotatable bonds is 7. The van der Waals surface area contributed by atoms with E-state index < -0.39 is 16.1 Å². The molecule has 4 rings (SSSR count). The molecule has 0 spiro atoms. The summed E-state index contributed by atoms with van der Waals surface area (Å²) in [4.78, 5) is 29.3. The van der Waals surface area contributed by atoms with Gasteiger partial charge in [0.05, 0.1) is 31.9 Å². The van der Waals surface area contributed by atoms with E-state index in [1.807, 2.05) is 6.92 Å². The molecule has 3 aromatic rings. The molecule has 0 bridgehead atoms. The molecule has 1 saturated heterocycles. The number of methoxy groups -OCH3 is 2. The third-order valence-corrected chi connectivity index (χ3v) is 7.86. The lowest BCUT2D eigenvalue weighted by Crippen LogP contribution is -2.54. The molecule has 2 heterocycles. The van der Waals surface area contributed by atoms with E-state index in [9.17, 15) is 18.0 Å². The van der Waals surface area contributed by atoms with Crippen LogP contribution >= 0.6 is 0 Å². The van der Waals surface area contributed by atoms with E-state index >= 15 is 0 Å². The van der Waals surface area contributed by atoms with Gasteiger partial charge in [-0.15, -0.1) is 0 Å². The average Bonchev–Trinajstić information content (AvgIpc) is 3.46. The van der Waals surface area contributed by atoms with Gasteiger partial charge in [-0.2, -0.15) is 0 Å². The fraction of sp³-hybridized carbons (Fsp3) is 0.308. The smallest absolute Gasteiger partial charge is 0.334 e. The molecule has 37 heavy (non-hydrogen) atoms. The number of nitrogens with zero attached hydrogens (tertiary/aromatic N) is 3. The van der Waals surface area contributed by atoms with Crippen molar-refractivity contribution in [2.75, 3.05) is 40.4 Å². The number of amides is 3. The molecule has 2 aromatic carbocycles. The van der Waals surface area contributed by atoms with Crippen LogP contribution in [0.25, 0.3) is 0 Å². The van der Waals surface area contributed by atoms with Crippen LogP contribution in [0.1, 0.15) is 21.7 Å². The van der Waals surface area contributed by atoms with E-state index in [1.54, 1.807) is 47.4 Å². The van der Waals surface area contributed by atoms with E-state index in [0.29, 0.717) is 17.1 Å². The van der Waals surface area contributed by atoms with Gasteiger partial charge >= 0.3 is 6.03 Å². The van der Waals surface area contributed by atoms with Crippen molar-refractivity contribution in [1.82, 2.24) is 14.1 Å². The number of furan rings is 1. The number of hydrogen-bond acceptors (Lipinski definition) is 7. The number of aryl methyl sites for hydroxylation is 1. The van der Waals surface area contributed by atoms with E-state index in [1.165, 1.54) is 37.5 Å². The highest BCUT2D eigenvalue weighted by Gasteiger charge is 2.35. The fourth-order valence-electron chi connectivity index (χ4n) is 4.03. The molecule has 0 saturated carbocycles. The normalized spacial score (nSPS) is 13.8. The Morgan fingerprint density at radius 2 is 1.51 bits per heavy atom. The number of sulfonamides is 1. The predicted molar refractivity (Wildman–Crippen MR) is 135 cm³/mol. The van der Waals surface area contributed by atoms with Gasteiger partial charge in [0.15, 0.2) is 5.76 Å². The van der Waals surface area contributed by atoms with Crippen molar-refractivity contribution in [3.8, 4) is 11.5 Å². The Hall–Kier alpha value is -3.99. The lowest BCUT2D eigenvalue weighted by molar-refractivity contribution is 0.0623. The Morgan fingerprint density at radius 1 is 0.919 bits per heavy atom. The molecule has 0 unspecified atom stereocenters. The van der Waals surface area contributed by atoms with Gasteiger partial charge in [0, 0.05) is 32.2 Å². The Labute approximate surface area is 216 Å². The summed E-state index contributed by atoms with van der Waals surface area (Å²) in [5.74, 6) is 0.888. The molecule has 0 atom stereocenters. The summed E-state index contributed by atoms with van der Waals surface area (Å²) in [6, 6.07) is 13.9. The summed E-state index contributed by atoms with van der Waals surface area (Å²) in [6.07, 6.45) is 1.42. The summed E-state index contributed by atoms with van der Waals surface area (Å²) >= 11 is 0. The summed E-state index contributed by atoms with van der Waals surface area (Å²) < 4.78 is 44.1. The molecular weight excluding hydrogens is 498 g/mol. The quantitative estimate of drug-likeness (QED) is 0.463. The largest absolute Gasteiger partial charge is 0.497 e. The summed E-state index contributed by atoms with van der Waals surface area (Å²) in [6.45, 7) is 2.46. The Bertz CT molecular complexity index is 1330. The standard InChI is InChI=1S/C26H29N3O7S/c1-19-6-8-23(9-7-19)37(32,33)29(18-20-15-21(34-2)17-22(16-20)35-3)26(31)28-12-10-27(11-13-28)25(30)24-5-4-14-36-24/h4-9,14-17H,10-13,18H2,1-3H3. The molecular formula is C26H29N3O7S. The van der Waals surface area contributed by atoms with Crippen molar-refractivity contribution >= 4 is 22.0 Å². The second-order valence-electron chi connectivity index (χ2n) is 8.58. The first-order chi connectivity index (χ1) is 17.7. The van der Waals surface area contributed by atoms with Gasteiger partial charge in [-0.1, -0.05) is 17.7 Å². The van der Waals surface area contributed by atoms with E-state index in [2.05, 4.69) is 0 Å². The molecule has 0 radical (unpaired) electrons. The lowest BCUT2D eigenvalue weighted by atomic mass is 10.2. The maximum atomic E-state index is 13.7. The second kappa shape index (κ2) is 11.0. The summed E-state index contributed by atoms with van der Waals surface area (Å²) in [5.41, 5.74) is 1.42. The fourth-order valence-corrected chi connectivity index (χ4v) is 5.41. The predicted octanol–water partition coefficient (Wildman–Crippen LogP) is 3.37. The average molecular weight is 528 g/mol. The van der Waals surface area contributed by atoms with Gasteiger partial charge in [0.25, 0.3) is 15.9 Å². The highest BCUT2D eigenvalue weighted by molar-refractivity contribution is 7.89. The summed E-state index contributed by atoms with van der Waals surface area (Å²) in [5, 5.41) is 0. The first kappa shape index (κ1) is 26.1. The highest BCUT2D eigenvalue weighted by Crippen LogP contribution is 2.27. The van der Waals surface area contributed by atoms with Gasteiger partial charge in [0.1, 0.15) is 11.5 Å². The second-order valence-corrected chi connectivity index (χ2v) is 10.4. The monoisotopic (exact) mass is 527 g/mol. The molecule has 11 heteroatoms. The number of ether oxygens (including phenoxy) is 2. The van der Waals surface area contributed by atoms with Crippen LogP contribution in [-0.2, 0) is 16.6 Å². The number of urea groups is 1. The third-order valence-electron chi connectivity index (χ3n) is 6.13. The van der Waals surface area contributed by atoms with Crippen LogP contribution in [0.5, 0.6) is 11.5 Å². The van der Waals surface area contributed by atoms with Gasteiger partial charge < -0.3 is 23.7 Å². The highest BCUT2D eigenvalue weighted by atomic mass is 32.2. The third kappa shape index (κ3) is 5.72. The Balaban J connectivity index is 1.61. The van der Waals surface area contributed by atoms with E-state index in [4.69, 9.17) is 13.9 Å². The maximum absolute atomic E-state index is 13.7. The zero-order valence-electron chi connectivity index (χ0n) is 20.9. The molecule has 1 aliphatic heterocycles. The van der Waals surface area contributed by atoms with Crippen LogP contribution in [0.3, 0.4) is 0 Å². The molecule has 1 aromatic heterocycles. The van der Waals surface area contributed by atoms with Crippen molar-refractivity contribution < 1.29 is 31.9 Å². The van der Waals surface area contributed by atoms with E-state index in [0.717, 1.165) is 9.87 Å². The van der Waals surface area contributed by atoms with Crippen LogP contribution in [0, 0.1) is 6.92 Å². The van der Waals surface area contributed by atoms with Gasteiger partial charge in [-0.05, 0) is 48.9 Å². The van der Waals surface area contributed by atoms with Crippen molar-refractivity contribution in [3.63, 3.8) is 0 Å². The minimum Gasteiger partial charge on any atom is -0.497 e. The number of benzene rings is 2. The van der Waals surface area contributed by atoms with Crippen LogP contribution in [0.15, 0.2) is 70.2 Å². The van der Waals surface area contributed by atoms with Crippen molar-refractivity contribution in [1.29, 1.82) is 0 Å². The summed E-state index contributed by atoms with van der Waals surface area (Å²) in [7, 11) is -1.22. The maximum Gasteiger partial charge on any atom is 0.334 e. The molecule has 0 aliphatic carbocycles. The molecule has 0 N–H and O–H groups in total. The van der Waals surface area contributed by atoms with Crippen LogP contribution < -0.4 is 9.47 Å². The number of hydrogen-bond donors (Lipinski definition) is 0. The van der Waals surface area contributed by atoms with Crippen molar-refractivity contribution in [2.24, 2.45) is 0 Å². The van der Waals surface area contributed by atoms with Gasteiger partial charge in [-0.25, -0.2) is 17.5 Å². The zero-order chi connectivity index (χ0) is 26.6. The first-order valence-electron chi connectivity index (χ1n) is 11.7. The molecule has 10 nitrogen and oxygen atoms in total. The zero-order valence-corrected chi connectivity index (χ0v) is 21.7. The number of carbonyl (C=O) groups excluding carboxylic acids is 2. The van der Waals surface area contributed by atoms with E-state index in [-0.39, 0.29) is 49.3 Å². The van der Waals surface area contributed by atoms with Crippen LogP contribution in [0.4, 0.5) is 4.79 Å². The lowest BCUT2D eigenvalue weighted by Gasteiger charge is -2.37. The number of piperazine rings is 1. The minimum atomic E-state index is -4.20. The molecule has 1 aliphatic rings. The van der Waals surface area contributed by atoms with Gasteiger partial charge in [0.2, 0.25) is 0 Å². The topological polar surface area (TPSA) is 110 Å². The minimum absolute atomic E-state index is 0.00736. The molecule has 196 valence electrons. The Morgan fingerprint density at radius 3 is 2.05 bits per heavy atom. The SMILES string of the molecule is COc1cc(CN(C(=O)N2CCN(C(=O)c3ccco3)CC2)S(=O)(=O)c2ccc(C)cc2)cc(OC)c1. The first-order valence-corrected chi connectivity index (χ1v) is 13.1. The van der Waals surface area contributed by atoms with Crippen molar-refractivity contribution in [3.05, 3.63) is 77.7 Å². The molecule has 3 amide bonds.